The lowest BCUT2D eigenvalue weighted by molar-refractivity contribution is -0.130. The average Bonchev–Trinajstić information content (AvgIpc) is 2.62. The zero-order valence-electron chi connectivity index (χ0n) is 12.6. The summed E-state index contributed by atoms with van der Waals surface area (Å²) >= 11 is 2.22. The zero-order valence-corrected chi connectivity index (χ0v) is 14.8. The molecule has 1 atom stereocenters. The van der Waals surface area contributed by atoms with Crippen LogP contribution in [0.4, 0.5) is 0 Å². The summed E-state index contributed by atoms with van der Waals surface area (Å²) in [5.41, 5.74) is 0.688. The minimum absolute atomic E-state index is 0.0303. The molecule has 1 aliphatic rings. The molecule has 2 rings (SSSR count). The number of ketones is 1. The highest BCUT2D eigenvalue weighted by Gasteiger charge is 2.25. The first-order chi connectivity index (χ1) is 9.97. The number of rotatable bonds is 4. The fourth-order valence-electron chi connectivity index (χ4n) is 2.79. The fraction of sp³-hybridized carbons (Fsp3) is 0.529. The molecule has 1 fully saturated rings. The van der Waals surface area contributed by atoms with Crippen molar-refractivity contribution in [3.8, 4) is 0 Å². The first-order valence-corrected chi connectivity index (χ1v) is 8.62. The van der Waals surface area contributed by atoms with Crippen LogP contribution in [0, 0.1) is 15.4 Å². The van der Waals surface area contributed by atoms with Crippen LogP contribution in [0.5, 0.6) is 0 Å². The average molecular weight is 399 g/mol. The van der Waals surface area contributed by atoms with E-state index >= 15 is 0 Å². The number of carbonyl (C=O) groups excluding carboxylic acids is 2. The molecular formula is C17H22INO2. The van der Waals surface area contributed by atoms with Crippen LogP contribution in [0.1, 0.15) is 43.5 Å². The molecule has 3 nitrogen and oxygen atoms in total. The number of halogens is 1. The van der Waals surface area contributed by atoms with E-state index in [4.69, 9.17) is 0 Å². The number of Topliss-reactive ketones (excluding diaryl/α,β-unsaturated/α-hetero) is 1. The van der Waals surface area contributed by atoms with E-state index in [1.807, 2.05) is 24.3 Å². The Labute approximate surface area is 140 Å². The summed E-state index contributed by atoms with van der Waals surface area (Å²) in [5.74, 6) is 1.34. The zero-order chi connectivity index (χ0) is 15.4. The van der Waals surface area contributed by atoms with E-state index in [-0.39, 0.29) is 18.2 Å². The smallest absolute Gasteiger partial charge is 0.222 e. The third kappa shape index (κ3) is 4.53. The molecule has 0 N–H and O–H groups in total. The Hall–Kier alpha value is -0.910. The van der Waals surface area contributed by atoms with Crippen molar-refractivity contribution in [3.05, 3.63) is 33.4 Å². The molecule has 0 aromatic heterocycles. The first kappa shape index (κ1) is 16.5. The van der Waals surface area contributed by atoms with E-state index in [9.17, 15) is 9.59 Å². The molecular weight excluding hydrogens is 377 g/mol. The molecule has 1 saturated heterocycles. The SMILES string of the molecule is CC(C)C1CCC(=O)N(CC(=O)c2ccc(I)cc2)CC1. The van der Waals surface area contributed by atoms with Gasteiger partial charge in [-0.25, -0.2) is 0 Å². The highest BCUT2D eigenvalue weighted by molar-refractivity contribution is 14.1. The second-order valence-corrected chi connectivity index (χ2v) is 7.32. The number of hydrogen-bond acceptors (Lipinski definition) is 2. The molecule has 114 valence electrons. The molecule has 1 aromatic carbocycles. The standard InChI is InChI=1S/C17H22INO2/c1-12(2)13-5-8-17(21)19(10-9-13)11-16(20)14-3-6-15(18)7-4-14/h3-4,6-7,12-13H,5,8-11H2,1-2H3. The van der Waals surface area contributed by atoms with Crippen LogP contribution in [0.15, 0.2) is 24.3 Å². The van der Waals surface area contributed by atoms with E-state index < -0.39 is 0 Å². The van der Waals surface area contributed by atoms with Crippen molar-refractivity contribution in [3.63, 3.8) is 0 Å². The van der Waals surface area contributed by atoms with Crippen LogP contribution < -0.4 is 0 Å². The number of likely N-dealkylation sites (tertiary alicyclic amines) is 1. The van der Waals surface area contributed by atoms with Crippen LogP contribution in [0.3, 0.4) is 0 Å². The van der Waals surface area contributed by atoms with E-state index in [1.165, 1.54) is 0 Å². The van der Waals surface area contributed by atoms with Gasteiger partial charge in [-0.2, -0.15) is 0 Å². The molecule has 1 aromatic rings. The highest BCUT2D eigenvalue weighted by Crippen LogP contribution is 2.25. The van der Waals surface area contributed by atoms with Gasteiger partial charge in [0.05, 0.1) is 6.54 Å². The molecule has 0 radical (unpaired) electrons. The predicted molar refractivity (Wildman–Crippen MR) is 92.2 cm³/mol. The summed E-state index contributed by atoms with van der Waals surface area (Å²) in [6.07, 6.45) is 2.52. The third-order valence-electron chi connectivity index (χ3n) is 4.29. The summed E-state index contributed by atoms with van der Waals surface area (Å²) in [6, 6.07) is 7.52. The van der Waals surface area contributed by atoms with Gasteiger partial charge in [0.2, 0.25) is 5.91 Å². The van der Waals surface area contributed by atoms with Crippen molar-refractivity contribution < 1.29 is 9.59 Å². The number of nitrogens with zero attached hydrogens (tertiary/aromatic N) is 1. The summed E-state index contributed by atoms with van der Waals surface area (Å²) in [5, 5.41) is 0. The van der Waals surface area contributed by atoms with E-state index in [0.29, 0.717) is 30.4 Å². The number of hydrogen-bond donors (Lipinski definition) is 0. The Balaban J connectivity index is 1.99. The molecule has 0 aliphatic carbocycles. The lowest BCUT2D eigenvalue weighted by atomic mass is 9.89. The normalized spacial score (nSPS) is 19.7. The van der Waals surface area contributed by atoms with Gasteiger partial charge in [-0.3, -0.25) is 9.59 Å². The quantitative estimate of drug-likeness (QED) is 0.571. The van der Waals surface area contributed by atoms with Gasteiger partial charge < -0.3 is 4.90 Å². The highest BCUT2D eigenvalue weighted by atomic mass is 127. The van der Waals surface area contributed by atoms with Crippen LogP contribution in [0.2, 0.25) is 0 Å². The summed E-state index contributed by atoms with van der Waals surface area (Å²) < 4.78 is 1.11. The minimum atomic E-state index is 0.0303. The minimum Gasteiger partial charge on any atom is -0.335 e. The van der Waals surface area contributed by atoms with Gasteiger partial charge in [0.1, 0.15) is 0 Å². The maximum Gasteiger partial charge on any atom is 0.222 e. The lowest BCUT2D eigenvalue weighted by Crippen LogP contribution is -2.35. The Kier molecular flexibility index (Phi) is 5.79. The molecule has 1 amide bonds. The van der Waals surface area contributed by atoms with Gasteiger partial charge in [0.25, 0.3) is 0 Å². The van der Waals surface area contributed by atoms with Crippen molar-refractivity contribution in [1.29, 1.82) is 0 Å². The van der Waals surface area contributed by atoms with Gasteiger partial charge in [-0.05, 0) is 59.4 Å². The van der Waals surface area contributed by atoms with Gasteiger partial charge >= 0.3 is 0 Å². The maximum absolute atomic E-state index is 12.3. The monoisotopic (exact) mass is 399 g/mol. The van der Waals surface area contributed by atoms with Gasteiger partial charge in [-0.1, -0.05) is 26.0 Å². The van der Waals surface area contributed by atoms with Crippen molar-refractivity contribution in [2.24, 2.45) is 11.8 Å². The Bertz CT molecular complexity index is 510. The van der Waals surface area contributed by atoms with E-state index in [0.717, 1.165) is 16.4 Å². The van der Waals surface area contributed by atoms with Gasteiger partial charge in [-0.15, -0.1) is 0 Å². The molecule has 4 heteroatoms. The Morgan fingerprint density at radius 3 is 2.57 bits per heavy atom. The van der Waals surface area contributed by atoms with Crippen molar-refractivity contribution in [1.82, 2.24) is 4.90 Å². The number of amides is 1. The topological polar surface area (TPSA) is 37.4 Å². The molecule has 0 spiro atoms. The van der Waals surface area contributed by atoms with Gasteiger partial charge in [0, 0.05) is 22.1 Å². The Morgan fingerprint density at radius 1 is 1.29 bits per heavy atom. The van der Waals surface area contributed by atoms with Crippen molar-refractivity contribution in [2.45, 2.75) is 33.1 Å². The summed E-state index contributed by atoms with van der Waals surface area (Å²) in [7, 11) is 0. The number of benzene rings is 1. The van der Waals surface area contributed by atoms with Crippen LogP contribution in [0.25, 0.3) is 0 Å². The Morgan fingerprint density at radius 2 is 1.95 bits per heavy atom. The van der Waals surface area contributed by atoms with E-state index in [2.05, 4.69) is 36.4 Å². The fourth-order valence-corrected chi connectivity index (χ4v) is 3.15. The maximum atomic E-state index is 12.3. The second-order valence-electron chi connectivity index (χ2n) is 6.08. The van der Waals surface area contributed by atoms with E-state index in [1.54, 1.807) is 4.90 Å². The first-order valence-electron chi connectivity index (χ1n) is 7.54. The molecule has 21 heavy (non-hydrogen) atoms. The molecule has 0 saturated carbocycles. The van der Waals surface area contributed by atoms with Crippen LogP contribution >= 0.6 is 22.6 Å². The molecule has 1 heterocycles. The van der Waals surface area contributed by atoms with Crippen LogP contribution in [-0.2, 0) is 4.79 Å². The molecule has 1 aliphatic heterocycles. The van der Waals surface area contributed by atoms with Gasteiger partial charge in [0.15, 0.2) is 5.78 Å². The molecule has 0 bridgehead atoms. The van der Waals surface area contributed by atoms with Crippen LogP contribution in [-0.4, -0.2) is 29.7 Å². The molecule has 1 unspecified atom stereocenters. The predicted octanol–water partition coefficient (Wildman–Crippen LogP) is 3.76. The largest absolute Gasteiger partial charge is 0.335 e. The summed E-state index contributed by atoms with van der Waals surface area (Å²) in [4.78, 5) is 26.2. The third-order valence-corrected chi connectivity index (χ3v) is 5.01. The summed E-state index contributed by atoms with van der Waals surface area (Å²) in [6.45, 7) is 5.34. The second kappa shape index (κ2) is 7.38. The lowest BCUT2D eigenvalue weighted by Gasteiger charge is -2.21. The van der Waals surface area contributed by atoms with Crippen molar-refractivity contribution in [2.75, 3.05) is 13.1 Å². The van der Waals surface area contributed by atoms with Crippen molar-refractivity contribution >= 4 is 34.3 Å². The number of carbonyl (C=O) groups is 2.